The number of hydrogen-bond acceptors (Lipinski definition) is 3. The molecule has 1 aromatic rings. The van der Waals surface area contributed by atoms with E-state index in [9.17, 15) is 18.3 Å². The molecule has 0 heterocycles. The Morgan fingerprint density at radius 1 is 1.21 bits per heavy atom. The fraction of sp³-hybridized carbons (Fsp3) is 0.533. The summed E-state index contributed by atoms with van der Waals surface area (Å²) in [6, 6.07) is 5.09. The Hall–Kier alpha value is -1.23. The maximum Gasteiger partial charge on any atom is 0.573 e. The van der Waals surface area contributed by atoms with Gasteiger partial charge in [-0.05, 0) is 31.0 Å². The third kappa shape index (κ3) is 9.16. The van der Waals surface area contributed by atoms with Crippen LogP contribution in [0.4, 0.5) is 13.2 Å². The second-order valence-corrected chi connectivity index (χ2v) is 4.78. The highest BCUT2D eigenvalue weighted by atomic mass is 127. The van der Waals surface area contributed by atoms with Crippen molar-refractivity contribution in [3.05, 3.63) is 29.8 Å². The minimum Gasteiger partial charge on any atom is -0.406 e. The highest BCUT2D eigenvalue weighted by Crippen LogP contribution is 2.24. The summed E-state index contributed by atoms with van der Waals surface area (Å²) in [6.07, 6.45) is -4.70. The van der Waals surface area contributed by atoms with Crippen LogP contribution in [-0.4, -0.2) is 37.1 Å². The van der Waals surface area contributed by atoms with Gasteiger partial charge >= 0.3 is 6.36 Å². The summed E-state index contributed by atoms with van der Waals surface area (Å²) in [5.41, 5.74) is 0.467. The van der Waals surface area contributed by atoms with E-state index >= 15 is 0 Å². The first kappa shape index (κ1) is 22.8. The summed E-state index contributed by atoms with van der Waals surface area (Å²) in [7, 11) is 0. The molecule has 0 fully saturated rings. The summed E-state index contributed by atoms with van der Waals surface area (Å²) in [5, 5.41) is 16.2. The molecule has 138 valence electrons. The number of guanidine groups is 1. The molecule has 0 saturated heterocycles. The summed E-state index contributed by atoms with van der Waals surface area (Å²) < 4.78 is 40.0. The summed E-state index contributed by atoms with van der Waals surface area (Å²) in [4.78, 5) is 4.24. The molecule has 1 aromatic carbocycles. The van der Waals surface area contributed by atoms with Gasteiger partial charge in [-0.2, -0.15) is 0 Å². The molecule has 1 atom stereocenters. The Morgan fingerprint density at radius 3 is 2.33 bits per heavy atom. The van der Waals surface area contributed by atoms with Gasteiger partial charge < -0.3 is 20.5 Å². The number of aliphatic hydroxyl groups is 1. The van der Waals surface area contributed by atoms with E-state index < -0.39 is 12.5 Å². The van der Waals surface area contributed by atoms with E-state index in [4.69, 9.17) is 0 Å². The van der Waals surface area contributed by atoms with Gasteiger partial charge in [0.25, 0.3) is 0 Å². The van der Waals surface area contributed by atoms with Gasteiger partial charge in [0.15, 0.2) is 5.96 Å². The summed E-state index contributed by atoms with van der Waals surface area (Å²) >= 11 is 0. The number of nitrogens with one attached hydrogen (secondary N) is 2. The van der Waals surface area contributed by atoms with E-state index in [2.05, 4.69) is 20.4 Å². The largest absolute Gasteiger partial charge is 0.573 e. The molecule has 1 unspecified atom stereocenters. The summed E-state index contributed by atoms with van der Waals surface area (Å²) in [5.74, 6) is 0.264. The maximum absolute atomic E-state index is 12.1. The highest BCUT2D eigenvalue weighted by molar-refractivity contribution is 14.0. The van der Waals surface area contributed by atoms with E-state index in [0.717, 1.165) is 25.1 Å². The predicted octanol–water partition coefficient (Wildman–Crippen LogP) is 3.20. The zero-order valence-electron chi connectivity index (χ0n) is 13.6. The van der Waals surface area contributed by atoms with E-state index in [1.54, 1.807) is 0 Å². The molecule has 0 aliphatic rings. The van der Waals surface area contributed by atoms with E-state index in [-0.39, 0.29) is 36.3 Å². The lowest BCUT2D eigenvalue weighted by atomic mass is 10.1. The molecule has 5 nitrogen and oxygen atoms in total. The molecule has 0 spiro atoms. The van der Waals surface area contributed by atoms with Crippen molar-refractivity contribution in [3.8, 4) is 5.75 Å². The Labute approximate surface area is 156 Å². The number of halogens is 4. The molecule has 0 radical (unpaired) electrons. The number of ether oxygens (including phenoxy) is 1. The second-order valence-electron chi connectivity index (χ2n) is 4.78. The molecule has 9 heteroatoms. The van der Waals surface area contributed by atoms with E-state index in [1.165, 1.54) is 12.1 Å². The van der Waals surface area contributed by atoms with Crippen LogP contribution in [0.25, 0.3) is 0 Å². The van der Waals surface area contributed by atoms with Crippen LogP contribution in [0.2, 0.25) is 0 Å². The normalized spacial score (nSPS) is 13.0. The van der Waals surface area contributed by atoms with Gasteiger partial charge in [-0.3, -0.25) is 4.99 Å². The van der Waals surface area contributed by atoms with Crippen molar-refractivity contribution in [1.82, 2.24) is 10.6 Å². The molecule has 0 bridgehead atoms. The average Bonchev–Trinajstić information content (AvgIpc) is 2.49. The van der Waals surface area contributed by atoms with Gasteiger partial charge in [0.1, 0.15) is 5.75 Å². The van der Waals surface area contributed by atoms with Crippen molar-refractivity contribution < 1.29 is 23.0 Å². The van der Waals surface area contributed by atoms with Crippen LogP contribution in [0.3, 0.4) is 0 Å². The van der Waals surface area contributed by atoms with Crippen LogP contribution in [-0.2, 0) is 0 Å². The smallest absolute Gasteiger partial charge is 0.406 e. The number of rotatable bonds is 7. The van der Waals surface area contributed by atoms with Crippen LogP contribution < -0.4 is 15.4 Å². The summed E-state index contributed by atoms with van der Waals surface area (Å²) in [6.45, 7) is 5.49. The predicted molar refractivity (Wildman–Crippen MR) is 97.8 cm³/mol. The first-order chi connectivity index (χ1) is 10.9. The Morgan fingerprint density at radius 2 is 1.83 bits per heavy atom. The molecule has 1 rings (SSSR count). The van der Waals surface area contributed by atoms with Gasteiger partial charge in [-0.1, -0.05) is 19.1 Å². The number of alkyl halides is 3. The van der Waals surface area contributed by atoms with Gasteiger partial charge in [0, 0.05) is 13.1 Å². The molecule has 3 N–H and O–H groups in total. The van der Waals surface area contributed by atoms with Crippen LogP contribution >= 0.6 is 24.0 Å². The molecular weight excluding hydrogens is 438 g/mol. The Bertz CT molecular complexity index is 496. The third-order valence-electron chi connectivity index (χ3n) is 2.81. The molecule has 0 aliphatic heterocycles. The standard InChI is InChI=1S/C15H22F3N3O2.HI/c1-3-9-20-14(19-4-2)21-10-13(22)11-5-7-12(8-6-11)23-15(16,17)18;/h5-8,13,22H,3-4,9-10H2,1-2H3,(H2,19,20,21);1H. The van der Waals surface area contributed by atoms with Crippen molar-refractivity contribution in [3.63, 3.8) is 0 Å². The van der Waals surface area contributed by atoms with Gasteiger partial charge in [0.2, 0.25) is 0 Å². The molecule has 0 amide bonds. The van der Waals surface area contributed by atoms with E-state index in [1.807, 2.05) is 13.8 Å². The lowest BCUT2D eigenvalue weighted by Crippen LogP contribution is -2.37. The quantitative estimate of drug-likeness (QED) is 0.332. The van der Waals surface area contributed by atoms with E-state index in [0.29, 0.717) is 18.1 Å². The van der Waals surface area contributed by atoms with Crippen molar-refractivity contribution in [1.29, 1.82) is 0 Å². The minimum atomic E-state index is -4.73. The SMILES string of the molecule is CCCNC(=NCC(O)c1ccc(OC(F)(F)F)cc1)NCC.I. The lowest BCUT2D eigenvalue weighted by Gasteiger charge is -2.13. The fourth-order valence-corrected chi connectivity index (χ4v) is 1.76. The highest BCUT2D eigenvalue weighted by Gasteiger charge is 2.31. The fourth-order valence-electron chi connectivity index (χ4n) is 1.76. The lowest BCUT2D eigenvalue weighted by molar-refractivity contribution is -0.274. The van der Waals surface area contributed by atoms with Crippen LogP contribution in [0.1, 0.15) is 31.9 Å². The van der Waals surface area contributed by atoms with Crippen molar-refractivity contribution in [2.45, 2.75) is 32.7 Å². The van der Waals surface area contributed by atoms with Crippen molar-refractivity contribution in [2.75, 3.05) is 19.6 Å². The Balaban J connectivity index is 0.00000529. The zero-order valence-corrected chi connectivity index (χ0v) is 15.9. The van der Waals surface area contributed by atoms with Crippen LogP contribution in [0.5, 0.6) is 5.75 Å². The molecule has 24 heavy (non-hydrogen) atoms. The van der Waals surface area contributed by atoms with Gasteiger partial charge in [-0.15, -0.1) is 37.1 Å². The second kappa shape index (κ2) is 11.3. The van der Waals surface area contributed by atoms with Gasteiger partial charge in [0.05, 0.1) is 12.6 Å². The van der Waals surface area contributed by atoms with Crippen molar-refractivity contribution >= 4 is 29.9 Å². The Kier molecular flexibility index (Phi) is 10.8. The van der Waals surface area contributed by atoms with Crippen molar-refractivity contribution in [2.24, 2.45) is 4.99 Å². The maximum atomic E-state index is 12.1. The number of aliphatic imine (C=N–C) groups is 1. The molecule has 0 aromatic heterocycles. The van der Waals surface area contributed by atoms with Crippen LogP contribution in [0.15, 0.2) is 29.3 Å². The molecule has 0 aliphatic carbocycles. The first-order valence-corrected chi connectivity index (χ1v) is 7.41. The van der Waals surface area contributed by atoms with Crippen LogP contribution in [0, 0.1) is 0 Å². The number of aliphatic hydroxyl groups excluding tert-OH is 1. The topological polar surface area (TPSA) is 65.9 Å². The minimum absolute atomic E-state index is 0. The molecule has 0 saturated carbocycles. The number of hydrogen-bond donors (Lipinski definition) is 3. The van der Waals surface area contributed by atoms with Gasteiger partial charge in [-0.25, -0.2) is 0 Å². The third-order valence-corrected chi connectivity index (χ3v) is 2.81. The number of nitrogens with zero attached hydrogens (tertiary/aromatic N) is 1. The molecular formula is C15H23F3IN3O2. The monoisotopic (exact) mass is 461 g/mol. The zero-order chi connectivity index (χ0) is 17.3. The number of benzene rings is 1. The average molecular weight is 461 g/mol. The first-order valence-electron chi connectivity index (χ1n) is 7.41.